The predicted octanol–water partition coefficient (Wildman–Crippen LogP) is 6.03. The zero-order chi connectivity index (χ0) is 29.2. The van der Waals surface area contributed by atoms with Crippen molar-refractivity contribution in [1.29, 1.82) is 0 Å². The van der Waals surface area contributed by atoms with E-state index in [0.717, 1.165) is 59.2 Å². The molecule has 0 saturated heterocycles. The summed E-state index contributed by atoms with van der Waals surface area (Å²) in [5, 5.41) is 0.542. The molecule has 7 rings (SSSR count). The van der Waals surface area contributed by atoms with E-state index >= 15 is 0 Å². The summed E-state index contributed by atoms with van der Waals surface area (Å²) >= 11 is 0. The molecule has 222 valence electrons. The molecule has 3 saturated carbocycles. The van der Waals surface area contributed by atoms with Crippen molar-refractivity contribution >= 4 is 32.8 Å². The standard InChI is InChI=1S/C33H38N2O6S/c1-40-22-13-15-24-26(17-22)27-18-33(27,32(37)41-2)19-35-28-16-21(31(36)34-42(38,39)23-10-6-7-11-23)12-14-25(28)29(30(24)35)20-8-4-3-5-9-20/h12-17,20,23,27H,3-11,18-19H2,1-2H3,(H,34,36). The lowest BCUT2D eigenvalue weighted by Gasteiger charge is -2.24. The molecule has 4 aliphatic rings. The SMILES string of the molecule is COC(=O)C12CC1c1cc(OC)ccc1-c1c(C3CCCCC3)c3ccc(C(=O)NS(=O)(=O)C4CCCC4)cc3n1C2. The Morgan fingerprint density at radius 2 is 1.69 bits per heavy atom. The number of sulfonamides is 1. The van der Waals surface area contributed by atoms with Crippen LogP contribution in [0.25, 0.3) is 22.2 Å². The van der Waals surface area contributed by atoms with Gasteiger partial charge < -0.3 is 14.0 Å². The highest BCUT2D eigenvalue weighted by atomic mass is 32.2. The lowest BCUT2D eigenvalue weighted by Crippen LogP contribution is -2.37. The molecule has 3 fully saturated rings. The lowest BCUT2D eigenvalue weighted by atomic mass is 9.81. The quantitative estimate of drug-likeness (QED) is 0.352. The van der Waals surface area contributed by atoms with Gasteiger partial charge in [-0.2, -0.15) is 0 Å². The van der Waals surface area contributed by atoms with E-state index in [1.54, 1.807) is 13.2 Å². The number of aromatic nitrogens is 1. The van der Waals surface area contributed by atoms with Gasteiger partial charge in [-0.25, -0.2) is 13.1 Å². The summed E-state index contributed by atoms with van der Waals surface area (Å²) in [6.45, 7) is 0.436. The molecule has 2 aromatic carbocycles. The van der Waals surface area contributed by atoms with Crippen LogP contribution in [0.4, 0.5) is 0 Å². The monoisotopic (exact) mass is 590 g/mol. The highest BCUT2D eigenvalue weighted by molar-refractivity contribution is 7.90. The van der Waals surface area contributed by atoms with Crippen LogP contribution in [0.2, 0.25) is 0 Å². The molecular formula is C33H38N2O6S. The first-order chi connectivity index (χ1) is 20.3. The van der Waals surface area contributed by atoms with Crippen molar-refractivity contribution in [2.45, 2.75) is 87.8 Å². The molecule has 0 spiro atoms. The molecular weight excluding hydrogens is 552 g/mol. The van der Waals surface area contributed by atoms with Crippen LogP contribution in [-0.4, -0.2) is 44.3 Å². The predicted molar refractivity (Wildman–Crippen MR) is 160 cm³/mol. The van der Waals surface area contributed by atoms with E-state index in [9.17, 15) is 18.0 Å². The molecule has 9 heteroatoms. The number of hydrogen-bond donors (Lipinski definition) is 1. The molecule has 42 heavy (non-hydrogen) atoms. The van der Waals surface area contributed by atoms with Gasteiger partial charge in [-0.3, -0.25) is 9.59 Å². The largest absolute Gasteiger partial charge is 0.497 e. The number of amides is 1. The van der Waals surface area contributed by atoms with E-state index in [2.05, 4.69) is 21.4 Å². The van der Waals surface area contributed by atoms with Gasteiger partial charge in [0.1, 0.15) is 5.75 Å². The molecule has 2 unspecified atom stereocenters. The molecule has 1 amide bonds. The Kier molecular flexibility index (Phi) is 6.64. The topological polar surface area (TPSA) is 104 Å². The van der Waals surface area contributed by atoms with Crippen LogP contribution < -0.4 is 9.46 Å². The van der Waals surface area contributed by atoms with Crippen molar-refractivity contribution in [1.82, 2.24) is 9.29 Å². The van der Waals surface area contributed by atoms with Gasteiger partial charge in [0.2, 0.25) is 10.0 Å². The molecule has 2 heterocycles. The van der Waals surface area contributed by atoms with Crippen LogP contribution in [0, 0.1) is 5.41 Å². The number of nitrogens with zero attached hydrogens (tertiary/aromatic N) is 1. The number of esters is 1. The number of methoxy groups -OCH3 is 2. The zero-order valence-electron chi connectivity index (χ0n) is 24.3. The first kappa shape index (κ1) is 27.5. The average Bonchev–Trinajstić information content (AvgIpc) is 3.33. The minimum absolute atomic E-state index is 0.00671. The van der Waals surface area contributed by atoms with Crippen molar-refractivity contribution in [2.75, 3.05) is 14.2 Å². The fourth-order valence-electron chi connectivity index (χ4n) is 8.08. The Hall–Kier alpha value is -3.33. The summed E-state index contributed by atoms with van der Waals surface area (Å²) in [5.74, 6) is 0.285. The van der Waals surface area contributed by atoms with E-state index in [-0.39, 0.29) is 11.9 Å². The van der Waals surface area contributed by atoms with Crippen LogP contribution in [0.5, 0.6) is 5.75 Å². The highest BCUT2D eigenvalue weighted by Gasteiger charge is 2.64. The lowest BCUT2D eigenvalue weighted by molar-refractivity contribution is -0.147. The van der Waals surface area contributed by atoms with Gasteiger partial charge in [-0.05, 0) is 79.5 Å². The number of hydrogen-bond acceptors (Lipinski definition) is 6. The molecule has 1 aliphatic heterocycles. The van der Waals surface area contributed by atoms with Gasteiger partial charge >= 0.3 is 5.97 Å². The number of benzene rings is 2. The van der Waals surface area contributed by atoms with Crippen molar-refractivity contribution < 1.29 is 27.5 Å². The van der Waals surface area contributed by atoms with Gasteiger partial charge in [0.25, 0.3) is 5.91 Å². The van der Waals surface area contributed by atoms with Crippen molar-refractivity contribution in [3.05, 3.63) is 53.1 Å². The summed E-state index contributed by atoms with van der Waals surface area (Å²) in [6, 6.07) is 11.7. The van der Waals surface area contributed by atoms with E-state index in [1.165, 1.54) is 31.9 Å². The van der Waals surface area contributed by atoms with Crippen molar-refractivity contribution in [3.8, 4) is 17.0 Å². The second kappa shape index (κ2) is 10.1. The number of carbonyl (C=O) groups is 2. The van der Waals surface area contributed by atoms with Crippen LogP contribution in [0.15, 0.2) is 36.4 Å². The van der Waals surface area contributed by atoms with Gasteiger partial charge in [0.05, 0.1) is 30.6 Å². The molecule has 1 N–H and O–H groups in total. The molecule has 0 bridgehead atoms. The average molecular weight is 591 g/mol. The van der Waals surface area contributed by atoms with Crippen LogP contribution in [0.3, 0.4) is 0 Å². The molecule has 3 aromatic rings. The van der Waals surface area contributed by atoms with E-state index in [1.807, 2.05) is 18.2 Å². The maximum absolute atomic E-state index is 13.4. The minimum atomic E-state index is -3.75. The molecule has 2 atom stereocenters. The van der Waals surface area contributed by atoms with Crippen LogP contribution >= 0.6 is 0 Å². The first-order valence-electron chi connectivity index (χ1n) is 15.3. The molecule has 1 aromatic heterocycles. The number of carbonyl (C=O) groups excluding carboxylic acids is 2. The number of ether oxygens (including phenoxy) is 2. The highest BCUT2D eigenvalue weighted by Crippen LogP contribution is 2.66. The Labute approximate surface area is 246 Å². The maximum atomic E-state index is 13.4. The molecule has 8 nitrogen and oxygen atoms in total. The van der Waals surface area contributed by atoms with Crippen molar-refractivity contribution in [3.63, 3.8) is 0 Å². The maximum Gasteiger partial charge on any atom is 0.314 e. The molecule has 3 aliphatic carbocycles. The number of fused-ring (bicyclic) bond motifs is 7. The van der Waals surface area contributed by atoms with Gasteiger partial charge in [0, 0.05) is 34.5 Å². The summed E-state index contributed by atoms with van der Waals surface area (Å²) in [6.07, 6.45) is 9.31. The number of nitrogens with one attached hydrogen (secondary N) is 1. The molecule has 0 radical (unpaired) electrons. The summed E-state index contributed by atoms with van der Waals surface area (Å²) in [5.41, 5.74) is 5.01. The number of rotatable bonds is 6. The summed E-state index contributed by atoms with van der Waals surface area (Å²) in [7, 11) is -0.649. The Morgan fingerprint density at radius 1 is 0.952 bits per heavy atom. The van der Waals surface area contributed by atoms with E-state index in [0.29, 0.717) is 37.3 Å². The van der Waals surface area contributed by atoms with E-state index < -0.39 is 26.6 Å². The third-order valence-corrected chi connectivity index (χ3v) is 12.2. The Morgan fingerprint density at radius 3 is 2.40 bits per heavy atom. The zero-order valence-corrected chi connectivity index (χ0v) is 25.1. The first-order valence-corrected chi connectivity index (χ1v) is 16.8. The van der Waals surface area contributed by atoms with Crippen LogP contribution in [-0.2, 0) is 26.1 Å². The smallest absolute Gasteiger partial charge is 0.314 e. The fourth-order valence-corrected chi connectivity index (χ4v) is 9.58. The summed E-state index contributed by atoms with van der Waals surface area (Å²) < 4.78 is 41.5. The fraction of sp³-hybridized carbons (Fsp3) is 0.515. The third kappa shape index (κ3) is 4.26. The van der Waals surface area contributed by atoms with Crippen LogP contribution in [0.1, 0.15) is 97.5 Å². The Balaban J connectivity index is 1.42. The van der Waals surface area contributed by atoms with Crippen molar-refractivity contribution in [2.24, 2.45) is 5.41 Å². The third-order valence-electron chi connectivity index (χ3n) is 10.4. The second-order valence-corrected chi connectivity index (χ2v) is 14.6. The van der Waals surface area contributed by atoms with Gasteiger partial charge in [-0.1, -0.05) is 38.2 Å². The Bertz CT molecular complexity index is 1700. The minimum Gasteiger partial charge on any atom is -0.497 e. The van der Waals surface area contributed by atoms with Gasteiger partial charge in [-0.15, -0.1) is 0 Å². The normalized spacial score (nSPS) is 23.9. The van der Waals surface area contributed by atoms with Gasteiger partial charge in [0.15, 0.2) is 0 Å². The van der Waals surface area contributed by atoms with E-state index in [4.69, 9.17) is 9.47 Å². The second-order valence-electron chi connectivity index (χ2n) is 12.7. The summed E-state index contributed by atoms with van der Waals surface area (Å²) in [4.78, 5) is 26.7.